The van der Waals surface area contributed by atoms with Crippen LogP contribution in [-0.2, 0) is 0 Å². The summed E-state index contributed by atoms with van der Waals surface area (Å²) in [5.74, 6) is 0. The van der Waals surface area contributed by atoms with Crippen molar-refractivity contribution >= 4 is 0 Å². The minimum Gasteiger partial charge on any atom is -0.312 e. The predicted octanol–water partition coefficient (Wildman–Crippen LogP) is 0.856. The minimum atomic E-state index is 0.466. The second kappa shape index (κ2) is 4.52. The highest BCUT2D eigenvalue weighted by molar-refractivity contribution is 4.87. The molecule has 11 heavy (non-hydrogen) atoms. The van der Waals surface area contributed by atoms with Crippen molar-refractivity contribution in [2.24, 2.45) is 0 Å². The van der Waals surface area contributed by atoms with E-state index in [1.54, 1.807) is 0 Å². The van der Waals surface area contributed by atoms with Gasteiger partial charge in [-0.1, -0.05) is 6.08 Å². The fourth-order valence-corrected chi connectivity index (χ4v) is 1.53. The van der Waals surface area contributed by atoms with Crippen LogP contribution in [0, 0.1) is 0 Å². The van der Waals surface area contributed by atoms with E-state index in [1.165, 1.54) is 25.9 Å². The maximum Gasteiger partial charge on any atom is 0.0373 e. The van der Waals surface area contributed by atoms with E-state index in [0.717, 1.165) is 6.54 Å². The molecule has 1 N–H and O–H groups in total. The standard InChI is InChI=1S/C9H18N2/c1-3-9(10-2)8-11-6-4-5-7-11/h3,9-10H,1,4-8H2,2H3. The summed E-state index contributed by atoms with van der Waals surface area (Å²) >= 11 is 0. The van der Waals surface area contributed by atoms with Crippen molar-refractivity contribution in [3.63, 3.8) is 0 Å². The molecule has 0 radical (unpaired) electrons. The van der Waals surface area contributed by atoms with Crippen LogP contribution in [0.4, 0.5) is 0 Å². The van der Waals surface area contributed by atoms with Gasteiger partial charge in [-0.25, -0.2) is 0 Å². The molecule has 0 amide bonds. The van der Waals surface area contributed by atoms with E-state index in [4.69, 9.17) is 0 Å². The molecular weight excluding hydrogens is 136 g/mol. The second-order valence-electron chi connectivity index (χ2n) is 3.14. The van der Waals surface area contributed by atoms with Gasteiger partial charge in [0, 0.05) is 12.6 Å². The van der Waals surface area contributed by atoms with Crippen LogP contribution in [-0.4, -0.2) is 37.6 Å². The highest BCUT2D eigenvalue weighted by atomic mass is 15.2. The zero-order valence-corrected chi connectivity index (χ0v) is 7.34. The van der Waals surface area contributed by atoms with E-state index in [-0.39, 0.29) is 0 Å². The van der Waals surface area contributed by atoms with Gasteiger partial charge in [0.15, 0.2) is 0 Å². The third kappa shape index (κ3) is 2.64. The lowest BCUT2D eigenvalue weighted by molar-refractivity contribution is 0.317. The molecule has 2 nitrogen and oxygen atoms in total. The second-order valence-corrected chi connectivity index (χ2v) is 3.14. The van der Waals surface area contributed by atoms with E-state index in [2.05, 4.69) is 16.8 Å². The Labute approximate surface area is 69.3 Å². The summed E-state index contributed by atoms with van der Waals surface area (Å²) in [6, 6.07) is 0.466. The average molecular weight is 154 g/mol. The number of likely N-dealkylation sites (tertiary alicyclic amines) is 1. The maximum atomic E-state index is 3.78. The summed E-state index contributed by atoms with van der Waals surface area (Å²) in [4.78, 5) is 2.49. The third-order valence-corrected chi connectivity index (χ3v) is 2.31. The van der Waals surface area contributed by atoms with Crippen molar-refractivity contribution in [1.29, 1.82) is 0 Å². The Kier molecular flexibility index (Phi) is 3.60. The monoisotopic (exact) mass is 154 g/mol. The molecule has 0 aromatic rings. The van der Waals surface area contributed by atoms with E-state index in [1.807, 2.05) is 13.1 Å². The van der Waals surface area contributed by atoms with E-state index >= 15 is 0 Å². The molecular formula is C9H18N2. The largest absolute Gasteiger partial charge is 0.312 e. The molecule has 0 aromatic heterocycles. The van der Waals surface area contributed by atoms with Gasteiger partial charge in [0.2, 0.25) is 0 Å². The first kappa shape index (κ1) is 8.75. The van der Waals surface area contributed by atoms with Gasteiger partial charge in [-0.15, -0.1) is 6.58 Å². The number of nitrogens with zero attached hydrogens (tertiary/aromatic N) is 1. The lowest BCUT2D eigenvalue weighted by Gasteiger charge is -2.19. The van der Waals surface area contributed by atoms with Crippen molar-refractivity contribution < 1.29 is 0 Å². The Bertz CT molecular complexity index is 117. The topological polar surface area (TPSA) is 15.3 Å². The molecule has 0 aliphatic carbocycles. The SMILES string of the molecule is C=CC(CN1CCCC1)NC. The normalized spacial score (nSPS) is 21.9. The number of hydrogen-bond donors (Lipinski definition) is 1. The van der Waals surface area contributed by atoms with E-state index in [0.29, 0.717) is 6.04 Å². The van der Waals surface area contributed by atoms with Crippen molar-refractivity contribution in [1.82, 2.24) is 10.2 Å². The summed E-state index contributed by atoms with van der Waals surface area (Å²) in [7, 11) is 1.99. The lowest BCUT2D eigenvalue weighted by atomic mass is 10.3. The van der Waals surface area contributed by atoms with Crippen LogP contribution in [0.25, 0.3) is 0 Å². The quantitative estimate of drug-likeness (QED) is 0.604. The van der Waals surface area contributed by atoms with Crippen molar-refractivity contribution in [3.8, 4) is 0 Å². The van der Waals surface area contributed by atoms with Gasteiger partial charge < -0.3 is 10.2 Å². The van der Waals surface area contributed by atoms with Crippen molar-refractivity contribution in [2.75, 3.05) is 26.7 Å². The van der Waals surface area contributed by atoms with Crippen LogP contribution in [0.3, 0.4) is 0 Å². The van der Waals surface area contributed by atoms with Gasteiger partial charge in [0.1, 0.15) is 0 Å². The lowest BCUT2D eigenvalue weighted by Crippen LogP contribution is -2.36. The molecule has 1 unspecified atom stereocenters. The Balaban J connectivity index is 2.21. The molecule has 0 aromatic carbocycles. The molecule has 1 aliphatic heterocycles. The fourth-order valence-electron chi connectivity index (χ4n) is 1.53. The molecule has 1 aliphatic rings. The first-order valence-electron chi connectivity index (χ1n) is 4.39. The molecule has 1 heterocycles. The number of hydrogen-bond acceptors (Lipinski definition) is 2. The summed E-state index contributed by atoms with van der Waals surface area (Å²) in [6.45, 7) is 7.45. The van der Waals surface area contributed by atoms with Crippen LogP contribution in [0.15, 0.2) is 12.7 Å². The van der Waals surface area contributed by atoms with Crippen LogP contribution >= 0.6 is 0 Å². The van der Waals surface area contributed by atoms with Crippen LogP contribution in [0.2, 0.25) is 0 Å². The summed E-state index contributed by atoms with van der Waals surface area (Å²) in [5, 5.41) is 3.22. The van der Waals surface area contributed by atoms with Gasteiger partial charge in [-0.2, -0.15) is 0 Å². The highest BCUT2D eigenvalue weighted by Gasteiger charge is 2.13. The smallest absolute Gasteiger partial charge is 0.0373 e. The van der Waals surface area contributed by atoms with Crippen LogP contribution in [0.1, 0.15) is 12.8 Å². The zero-order valence-electron chi connectivity index (χ0n) is 7.34. The molecule has 1 atom stereocenters. The van der Waals surface area contributed by atoms with Crippen LogP contribution in [0.5, 0.6) is 0 Å². The number of rotatable bonds is 4. The molecule has 0 spiro atoms. The predicted molar refractivity (Wildman–Crippen MR) is 48.7 cm³/mol. The minimum absolute atomic E-state index is 0.466. The molecule has 0 saturated carbocycles. The first-order chi connectivity index (χ1) is 5.36. The van der Waals surface area contributed by atoms with Crippen molar-refractivity contribution in [2.45, 2.75) is 18.9 Å². The molecule has 1 rings (SSSR count). The van der Waals surface area contributed by atoms with E-state index in [9.17, 15) is 0 Å². The molecule has 1 fully saturated rings. The summed E-state index contributed by atoms with van der Waals surface area (Å²) < 4.78 is 0. The molecule has 2 heteroatoms. The van der Waals surface area contributed by atoms with E-state index < -0.39 is 0 Å². The maximum absolute atomic E-state index is 3.78. The zero-order chi connectivity index (χ0) is 8.10. The average Bonchev–Trinajstić information content (AvgIpc) is 2.52. The molecule has 64 valence electrons. The number of nitrogens with one attached hydrogen (secondary N) is 1. The van der Waals surface area contributed by atoms with Gasteiger partial charge >= 0.3 is 0 Å². The third-order valence-electron chi connectivity index (χ3n) is 2.31. The van der Waals surface area contributed by atoms with Gasteiger partial charge in [0.25, 0.3) is 0 Å². The molecule has 0 bridgehead atoms. The van der Waals surface area contributed by atoms with Crippen LogP contribution < -0.4 is 5.32 Å². The summed E-state index contributed by atoms with van der Waals surface area (Å²) in [6.07, 6.45) is 4.72. The first-order valence-corrected chi connectivity index (χ1v) is 4.39. The highest BCUT2D eigenvalue weighted by Crippen LogP contribution is 2.07. The summed E-state index contributed by atoms with van der Waals surface area (Å²) in [5.41, 5.74) is 0. The Hall–Kier alpha value is -0.340. The molecule has 1 saturated heterocycles. The van der Waals surface area contributed by atoms with Gasteiger partial charge in [0.05, 0.1) is 0 Å². The fraction of sp³-hybridized carbons (Fsp3) is 0.778. The Morgan fingerprint density at radius 3 is 2.64 bits per heavy atom. The van der Waals surface area contributed by atoms with Gasteiger partial charge in [-0.3, -0.25) is 0 Å². The number of likely N-dealkylation sites (N-methyl/N-ethyl adjacent to an activating group) is 1. The van der Waals surface area contributed by atoms with Crippen molar-refractivity contribution in [3.05, 3.63) is 12.7 Å². The van der Waals surface area contributed by atoms with Gasteiger partial charge in [-0.05, 0) is 33.0 Å². The Morgan fingerprint density at radius 2 is 2.18 bits per heavy atom. The Morgan fingerprint density at radius 1 is 1.55 bits per heavy atom.